The zero-order chi connectivity index (χ0) is 14.0. The van der Waals surface area contributed by atoms with Crippen LogP contribution in [0.2, 0.25) is 0 Å². The second-order valence-corrected chi connectivity index (χ2v) is 5.30. The van der Waals surface area contributed by atoms with Gasteiger partial charge in [0.1, 0.15) is 5.76 Å². The standard InChI is InChI=1S/C13H11BrN2O2S/c1-7-6-8(14)2-3-9(7)10-4-5-11(18-10)12(17)16-13(15)19/h2-6H,1H3,(H3,15,16,17,19). The summed E-state index contributed by atoms with van der Waals surface area (Å²) in [4.78, 5) is 11.7. The van der Waals surface area contributed by atoms with Crippen LogP contribution in [0.5, 0.6) is 0 Å². The first-order valence-corrected chi connectivity index (χ1v) is 6.64. The van der Waals surface area contributed by atoms with Crippen LogP contribution >= 0.6 is 28.1 Å². The van der Waals surface area contributed by atoms with Crippen molar-refractivity contribution in [1.82, 2.24) is 5.32 Å². The predicted octanol–water partition coefficient (Wildman–Crippen LogP) is 2.99. The van der Waals surface area contributed by atoms with Crippen molar-refractivity contribution in [1.29, 1.82) is 0 Å². The molecule has 0 radical (unpaired) electrons. The van der Waals surface area contributed by atoms with Crippen LogP contribution in [-0.4, -0.2) is 11.0 Å². The maximum Gasteiger partial charge on any atom is 0.293 e. The first-order chi connectivity index (χ1) is 8.97. The van der Waals surface area contributed by atoms with Crippen LogP contribution in [0.4, 0.5) is 0 Å². The highest BCUT2D eigenvalue weighted by molar-refractivity contribution is 9.10. The molecule has 2 aromatic rings. The number of thiocarbonyl (C=S) groups is 1. The highest BCUT2D eigenvalue weighted by Gasteiger charge is 2.13. The minimum absolute atomic E-state index is 0.0808. The molecule has 1 amide bonds. The highest BCUT2D eigenvalue weighted by Crippen LogP contribution is 2.27. The van der Waals surface area contributed by atoms with Gasteiger partial charge in [-0.15, -0.1) is 0 Å². The molecule has 98 valence electrons. The quantitative estimate of drug-likeness (QED) is 0.826. The number of amides is 1. The van der Waals surface area contributed by atoms with Crippen LogP contribution in [0.25, 0.3) is 11.3 Å². The highest BCUT2D eigenvalue weighted by atomic mass is 79.9. The minimum atomic E-state index is -0.450. The van der Waals surface area contributed by atoms with Crippen LogP contribution in [-0.2, 0) is 0 Å². The van der Waals surface area contributed by atoms with Crippen molar-refractivity contribution in [2.45, 2.75) is 6.92 Å². The molecule has 0 spiro atoms. The molecule has 0 aliphatic rings. The number of rotatable bonds is 2. The molecule has 0 fully saturated rings. The van der Waals surface area contributed by atoms with E-state index in [-0.39, 0.29) is 10.9 Å². The Morgan fingerprint density at radius 2 is 2.11 bits per heavy atom. The molecular formula is C13H11BrN2O2S. The van der Waals surface area contributed by atoms with Crippen molar-refractivity contribution in [2.24, 2.45) is 5.73 Å². The lowest BCUT2D eigenvalue weighted by Crippen LogP contribution is -2.34. The summed E-state index contributed by atoms with van der Waals surface area (Å²) in [6.07, 6.45) is 0. The van der Waals surface area contributed by atoms with E-state index in [1.54, 1.807) is 12.1 Å². The number of carbonyl (C=O) groups is 1. The van der Waals surface area contributed by atoms with E-state index in [9.17, 15) is 4.79 Å². The van der Waals surface area contributed by atoms with Gasteiger partial charge in [0.15, 0.2) is 10.9 Å². The molecule has 2 rings (SSSR count). The summed E-state index contributed by atoms with van der Waals surface area (Å²) < 4.78 is 6.50. The van der Waals surface area contributed by atoms with Gasteiger partial charge in [0.25, 0.3) is 5.91 Å². The smallest absolute Gasteiger partial charge is 0.293 e. The van der Waals surface area contributed by atoms with Crippen molar-refractivity contribution in [3.8, 4) is 11.3 Å². The van der Waals surface area contributed by atoms with Crippen LogP contribution in [0.3, 0.4) is 0 Å². The van der Waals surface area contributed by atoms with Gasteiger partial charge in [-0.1, -0.05) is 15.9 Å². The summed E-state index contributed by atoms with van der Waals surface area (Å²) in [5.41, 5.74) is 7.22. The third-order valence-electron chi connectivity index (χ3n) is 2.52. The Labute approximate surface area is 124 Å². The average molecular weight is 339 g/mol. The molecule has 1 heterocycles. The fourth-order valence-electron chi connectivity index (χ4n) is 1.68. The third-order valence-corrected chi connectivity index (χ3v) is 3.12. The number of benzene rings is 1. The normalized spacial score (nSPS) is 10.2. The lowest BCUT2D eigenvalue weighted by Gasteiger charge is -2.03. The molecule has 0 atom stereocenters. The van der Waals surface area contributed by atoms with Crippen molar-refractivity contribution in [3.63, 3.8) is 0 Å². The summed E-state index contributed by atoms with van der Waals surface area (Å²) >= 11 is 8.01. The molecule has 0 bridgehead atoms. The number of hydrogen-bond donors (Lipinski definition) is 2. The summed E-state index contributed by atoms with van der Waals surface area (Å²) in [6, 6.07) is 9.15. The predicted molar refractivity (Wildman–Crippen MR) is 80.8 cm³/mol. The number of furan rings is 1. The zero-order valence-electron chi connectivity index (χ0n) is 10.1. The lowest BCUT2D eigenvalue weighted by molar-refractivity contribution is 0.0951. The number of halogens is 1. The number of nitrogens with two attached hydrogens (primary N) is 1. The number of hydrogen-bond acceptors (Lipinski definition) is 3. The maximum absolute atomic E-state index is 11.7. The van der Waals surface area contributed by atoms with Gasteiger partial charge in [0.05, 0.1) is 0 Å². The lowest BCUT2D eigenvalue weighted by atomic mass is 10.1. The van der Waals surface area contributed by atoms with E-state index in [0.717, 1.165) is 15.6 Å². The van der Waals surface area contributed by atoms with Crippen molar-refractivity contribution in [3.05, 3.63) is 46.1 Å². The van der Waals surface area contributed by atoms with E-state index in [2.05, 4.69) is 33.5 Å². The summed E-state index contributed by atoms with van der Waals surface area (Å²) in [6.45, 7) is 1.97. The van der Waals surface area contributed by atoms with Gasteiger partial charge in [-0.25, -0.2) is 0 Å². The van der Waals surface area contributed by atoms with E-state index in [0.29, 0.717) is 5.76 Å². The molecule has 1 aromatic heterocycles. The van der Waals surface area contributed by atoms with E-state index >= 15 is 0 Å². The monoisotopic (exact) mass is 338 g/mol. The zero-order valence-corrected chi connectivity index (χ0v) is 12.5. The molecule has 0 aliphatic carbocycles. The first kappa shape index (κ1) is 13.8. The van der Waals surface area contributed by atoms with Gasteiger partial charge >= 0.3 is 0 Å². The Balaban J connectivity index is 2.30. The van der Waals surface area contributed by atoms with Crippen molar-refractivity contribution in [2.75, 3.05) is 0 Å². The number of carbonyl (C=O) groups excluding carboxylic acids is 1. The van der Waals surface area contributed by atoms with Crippen LogP contribution in [0, 0.1) is 6.92 Å². The maximum atomic E-state index is 11.7. The van der Waals surface area contributed by atoms with E-state index in [1.807, 2.05) is 25.1 Å². The third kappa shape index (κ3) is 3.21. The van der Waals surface area contributed by atoms with Gasteiger partial charge in [0.2, 0.25) is 0 Å². The molecule has 0 saturated carbocycles. The molecule has 0 aliphatic heterocycles. The Hall–Kier alpha value is -1.66. The fraction of sp³-hybridized carbons (Fsp3) is 0.0769. The first-order valence-electron chi connectivity index (χ1n) is 5.44. The van der Waals surface area contributed by atoms with E-state index < -0.39 is 5.91 Å². The Morgan fingerprint density at radius 3 is 2.74 bits per heavy atom. The largest absolute Gasteiger partial charge is 0.451 e. The molecule has 6 heteroatoms. The fourth-order valence-corrected chi connectivity index (χ4v) is 2.25. The molecule has 1 aromatic carbocycles. The van der Waals surface area contributed by atoms with Crippen LogP contribution in [0.1, 0.15) is 16.1 Å². The summed E-state index contributed by atoms with van der Waals surface area (Å²) in [5.74, 6) is 0.344. The van der Waals surface area contributed by atoms with Gasteiger partial charge in [0, 0.05) is 10.0 Å². The summed E-state index contributed by atoms with van der Waals surface area (Å²) in [5, 5.41) is 2.24. The van der Waals surface area contributed by atoms with Gasteiger partial charge < -0.3 is 10.2 Å². The minimum Gasteiger partial charge on any atom is -0.451 e. The Bertz CT molecular complexity index is 652. The molecule has 3 N–H and O–H groups in total. The molecule has 0 saturated heterocycles. The molecule has 0 unspecified atom stereocenters. The average Bonchev–Trinajstić information content (AvgIpc) is 2.77. The van der Waals surface area contributed by atoms with Crippen LogP contribution in [0.15, 0.2) is 39.2 Å². The second-order valence-electron chi connectivity index (χ2n) is 3.94. The van der Waals surface area contributed by atoms with Gasteiger partial charge in [-0.05, 0) is 55.0 Å². The summed E-state index contributed by atoms with van der Waals surface area (Å²) in [7, 11) is 0. The second kappa shape index (κ2) is 5.54. The van der Waals surface area contributed by atoms with Gasteiger partial charge in [-0.3, -0.25) is 10.1 Å². The Kier molecular flexibility index (Phi) is 4.01. The van der Waals surface area contributed by atoms with Crippen molar-refractivity contribution >= 4 is 39.2 Å². The van der Waals surface area contributed by atoms with Gasteiger partial charge in [-0.2, -0.15) is 0 Å². The number of aryl methyl sites for hydroxylation is 1. The molecule has 4 nitrogen and oxygen atoms in total. The Morgan fingerprint density at radius 1 is 1.37 bits per heavy atom. The molecule has 19 heavy (non-hydrogen) atoms. The van der Waals surface area contributed by atoms with E-state index in [4.69, 9.17) is 10.2 Å². The SMILES string of the molecule is Cc1cc(Br)ccc1-c1ccc(C(=O)NC(N)=S)o1. The van der Waals surface area contributed by atoms with E-state index in [1.165, 1.54) is 0 Å². The number of nitrogens with one attached hydrogen (secondary N) is 1. The topological polar surface area (TPSA) is 68.3 Å². The van der Waals surface area contributed by atoms with Crippen LogP contribution < -0.4 is 11.1 Å². The molecular weight excluding hydrogens is 328 g/mol. The van der Waals surface area contributed by atoms with Crippen molar-refractivity contribution < 1.29 is 9.21 Å².